The second kappa shape index (κ2) is 5.13. The van der Waals surface area contributed by atoms with Crippen LogP contribution in [0.25, 0.3) is 0 Å². The van der Waals surface area contributed by atoms with Crippen molar-refractivity contribution in [2.45, 2.75) is 4.90 Å². The van der Waals surface area contributed by atoms with Gasteiger partial charge in [-0.2, -0.15) is 0 Å². The van der Waals surface area contributed by atoms with Crippen molar-refractivity contribution in [2.24, 2.45) is 0 Å². The highest BCUT2D eigenvalue weighted by molar-refractivity contribution is 7.92. The summed E-state index contributed by atoms with van der Waals surface area (Å²) in [5.74, 6) is 1.14. The van der Waals surface area contributed by atoms with Crippen molar-refractivity contribution in [2.75, 3.05) is 23.7 Å². The molecule has 1 aromatic heterocycles. The Labute approximate surface area is 121 Å². The zero-order chi connectivity index (χ0) is 14.9. The SMILES string of the molecule is Nc1ccc(NS(=O)(=O)c2ccc3c(c2)OCCO3)nc1. The molecule has 0 radical (unpaired) electrons. The third-order valence-electron chi connectivity index (χ3n) is 2.85. The number of hydrogen-bond donors (Lipinski definition) is 2. The molecule has 0 saturated heterocycles. The predicted molar refractivity (Wildman–Crippen MR) is 76.9 cm³/mol. The first-order chi connectivity index (χ1) is 10.0. The van der Waals surface area contributed by atoms with Crippen molar-refractivity contribution in [1.82, 2.24) is 4.98 Å². The van der Waals surface area contributed by atoms with Crippen LogP contribution in [0.2, 0.25) is 0 Å². The van der Waals surface area contributed by atoms with E-state index in [-0.39, 0.29) is 10.7 Å². The van der Waals surface area contributed by atoms with E-state index in [1.165, 1.54) is 24.4 Å². The van der Waals surface area contributed by atoms with Crippen molar-refractivity contribution in [3.05, 3.63) is 36.5 Å². The molecule has 0 fully saturated rings. The number of anilines is 2. The standard InChI is InChI=1S/C13H13N3O4S/c14-9-1-4-13(15-8-9)16-21(17,18)10-2-3-11-12(7-10)20-6-5-19-11/h1-4,7-8H,5-6,14H2,(H,15,16). The average Bonchev–Trinajstić information content (AvgIpc) is 2.49. The molecular weight excluding hydrogens is 294 g/mol. The Morgan fingerprint density at radius 1 is 1.10 bits per heavy atom. The lowest BCUT2D eigenvalue weighted by Crippen LogP contribution is -2.17. The van der Waals surface area contributed by atoms with E-state index in [0.29, 0.717) is 30.4 Å². The fraction of sp³-hybridized carbons (Fsp3) is 0.154. The highest BCUT2D eigenvalue weighted by Gasteiger charge is 2.19. The van der Waals surface area contributed by atoms with Gasteiger partial charge in [-0.15, -0.1) is 0 Å². The Bertz CT molecular complexity index is 759. The molecule has 21 heavy (non-hydrogen) atoms. The van der Waals surface area contributed by atoms with Crippen LogP contribution in [-0.4, -0.2) is 26.6 Å². The third kappa shape index (κ3) is 2.84. The van der Waals surface area contributed by atoms with Gasteiger partial charge in [-0.05, 0) is 24.3 Å². The summed E-state index contributed by atoms with van der Waals surface area (Å²) < 4.78 is 37.7. The van der Waals surface area contributed by atoms with E-state index in [9.17, 15) is 8.42 Å². The van der Waals surface area contributed by atoms with Gasteiger partial charge in [0.05, 0.1) is 16.8 Å². The number of nitrogens with one attached hydrogen (secondary N) is 1. The number of pyridine rings is 1. The van der Waals surface area contributed by atoms with Crippen molar-refractivity contribution < 1.29 is 17.9 Å². The molecule has 0 amide bonds. The molecule has 3 rings (SSSR count). The van der Waals surface area contributed by atoms with Crippen LogP contribution < -0.4 is 19.9 Å². The number of nitrogens with zero attached hydrogens (tertiary/aromatic N) is 1. The summed E-state index contributed by atoms with van der Waals surface area (Å²) in [7, 11) is -3.75. The smallest absolute Gasteiger partial charge is 0.263 e. The molecule has 0 aliphatic carbocycles. The summed E-state index contributed by atoms with van der Waals surface area (Å²) >= 11 is 0. The highest BCUT2D eigenvalue weighted by Crippen LogP contribution is 2.32. The molecule has 110 valence electrons. The summed E-state index contributed by atoms with van der Waals surface area (Å²) in [6.07, 6.45) is 1.38. The van der Waals surface area contributed by atoms with Crippen molar-refractivity contribution in [1.29, 1.82) is 0 Å². The summed E-state index contributed by atoms with van der Waals surface area (Å²) in [6, 6.07) is 7.50. The minimum Gasteiger partial charge on any atom is -0.486 e. The molecule has 1 aliphatic heterocycles. The van der Waals surface area contributed by atoms with E-state index in [1.54, 1.807) is 12.1 Å². The van der Waals surface area contributed by atoms with Crippen LogP contribution >= 0.6 is 0 Å². The van der Waals surface area contributed by atoms with E-state index < -0.39 is 10.0 Å². The maximum Gasteiger partial charge on any atom is 0.263 e. The zero-order valence-electron chi connectivity index (χ0n) is 10.9. The van der Waals surface area contributed by atoms with E-state index in [0.717, 1.165) is 0 Å². The summed E-state index contributed by atoms with van der Waals surface area (Å²) in [4.78, 5) is 3.98. The molecule has 2 heterocycles. The lowest BCUT2D eigenvalue weighted by molar-refractivity contribution is 0.171. The first-order valence-corrected chi connectivity index (χ1v) is 7.67. The van der Waals surface area contributed by atoms with Crippen LogP contribution in [0.5, 0.6) is 11.5 Å². The molecule has 1 aromatic carbocycles. The largest absolute Gasteiger partial charge is 0.486 e. The van der Waals surface area contributed by atoms with Gasteiger partial charge >= 0.3 is 0 Å². The highest BCUT2D eigenvalue weighted by atomic mass is 32.2. The Morgan fingerprint density at radius 3 is 2.57 bits per heavy atom. The van der Waals surface area contributed by atoms with Crippen LogP contribution in [0, 0.1) is 0 Å². The van der Waals surface area contributed by atoms with Gasteiger partial charge in [-0.25, -0.2) is 13.4 Å². The molecule has 0 bridgehead atoms. The lowest BCUT2D eigenvalue weighted by Gasteiger charge is -2.19. The second-order valence-corrected chi connectivity index (χ2v) is 6.07. The van der Waals surface area contributed by atoms with Crippen LogP contribution in [0.15, 0.2) is 41.4 Å². The molecule has 3 N–H and O–H groups in total. The van der Waals surface area contributed by atoms with E-state index >= 15 is 0 Å². The maximum absolute atomic E-state index is 12.3. The van der Waals surface area contributed by atoms with Crippen LogP contribution in [0.3, 0.4) is 0 Å². The Morgan fingerprint density at radius 2 is 1.86 bits per heavy atom. The number of nitrogen functional groups attached to an aromatic ring is 1. The maximum atomic E-state index is 12.3. The van der Waals surface area contributed by atoms with Crippen LogP contribution in [0.4, 0.5) is 11.5 Å². The van der Waals surface area contributed by atoms with Gasteiger partial charge in [0, 0.05) is 6.07 Å². The lowest BCUT2D eigenvalue weighted by atomic mass is 10.3. The average molecular weight is 307 g/mol. The Balaban J connectivity index is 1.89. The van der Waals surface area contributed by atoms with E-state index in [1.807, 2.05) is 0 Å². The molecule has 0 atom stereocenters. The Kier molecular flexibility index (Phi) is 3.30. The molecule has 0 spiro atoms. The van der Waals surface area contributed by atoms with E-state index in [4.69, 9.17) is 15.2 Å². The fourth-order valence-electron chi connectivity index (χ4n) is 1.85. The number of hydrogen-bond acceptors (Lipinski definition) is 6. The molecule has 8 heteroatoms. The normalized spacial score (nSPS) is 13.7. The van der Waals surface area contributed by atoms with E-state index in [2.05, 4.69) is 9.71 Å². The monoisotopic (exact) mass is 307 g/mol. The number of sulfonamides is 1. The van der Waals surface area contributed by atoms with Gasteiger partial charge in [-0.3, -0.25) is 4.72 Å². The number of benzene rings is 1. The molecule has 2 aromatic rings. The predicted octanol–water partition coefficient (Wildman–Crippen LogP) is 1.24. The van der Waals surface area contributed by atoms with Gasteiger partial charge < -0.3 is 15.2 Å². The summed E-state index contributed by atoms with van der Waals surface area (Å²) in [5.41, 5.74) is 5.96. The first kappa shape index (κ1) is 13.5. The van der Waals surface area contributed by atoms with Crippen molar-refractivity contribution in [3.63, 3.8) is 0 Å². The number of nitrogens with two attached hydrogens (primary N) is 1. The number of fused-ring (bicyclic) bond motifs is 1. The van der Waals surface area contributed by atoms with Crippen molar-refractivity contribution in [3.8, 4) is 11.5 Å². The molecule has 0 saturated carbocycles. The number of ether oxygens (including phenoxy) is 2. The van der Waals surface area contributed by atoms with Gasteiger partial charge in [0.15, 0.2) is 11.5 Å². The van der Waals surface area contributed by atoms with Gasteiger partial charge in [0.2, 0.25) is 0 Å². The molecular formula is C13H13N3O4S. The topological polar surface area (TPSA) is 104 Å². The first-order valence-electron chi connectivity index (χ1n) is 6.19. The Hall–Kier alpha value is -2.48. The summed E-state index contributed by atoms with van der Waals surface area (Å²) in [5, 5.41) is 0. The third-order valence-corrected chi connectivity index (χ3v) is 4.20. The molecule has 1 aliphatic rings. The van der Waals surface area contributed by atoms with Crippen LogP contribution in [0.1, 0.15) is 0 Å². The molecule has 7 nitrogen and oxygen atoms in total. The van der Waals surface area contributed by atoms with Crippen molar-refractivity contribution >= 4 is 21.5 Å². The fourth-order valence-corrected chi connectivity index (χ4v) is 2.88. The van der Waals surface area contributed by atoms with Gasteiger partial charge in [-0.1, -0.05) is 0 Å². The van der Waals surface area contributed by atoms with Gasteiger partial charge in [0.1, 0.15) is 19.0 Å². The minimum absolute atomic E-state index is 0.0744. The molecule has 0 unspecified atom stereocenters. The quantitative estimate of drug-likeness (QED) is 0.884. The number of aromatic nitrogens is 1. The number of rotatable bonds is 3. The minimum atomic E-state index is -3.75. The van der Waals surface area contributed by atoms with Gasteiger partial charge in [0.25, 0.3) is 10.0 Å². The second-order valence-electron chi connectivity index (χ2n) is 4.39. The zero-order valence-corrected chi connectivity index (χ0v) is 11.8. The summed E-state index contributed by atoms with van der Waals surface area (Å²) in [6.45, 7) is 0.843. The van der Waals surface area contributed by atoms with Crippen LogP contribution in [-0.2, 0) is 10.0 Å².